The maximum absolute atomic E-state index is 11.6. The second-order valence-corrected chi connectivity index (χ2v) is 5.76. The van der Waals surface area contributed by atoms with E-state index in [-0.39, 0.29) is 17.6 Å². The van der Waals surface area contributed by atoms with Gasteiger partial charge in [-0.05, 0) is 36.6 Å². The maximum atomic E-state index is 11.6. The number of benzene rings is 1. The Labute approximate surface area is 140 Å². The van der Waals surface area contributed by atoms with Crippen molar-refractivity contribution in [3.05, 3.63) is 54.4 Å². The topological polar surface area (TPSA) is 89.1 Å². The predicted octanol–water partition coefficient (Wildman–Crippen LogP) is 3.06. The smallest absolute Gasteiger partial charge is 0.220 e. The lowest BCUT2D eigenvalue weighted by molar-refractivity contribution is -0.121. The number of aromatic nitrogens is 2. The van der Waals surface area contributed by atoms with E-state index >= 15 is 0 Å². The van der Waals surface area contributed by atoms with Crippen LogP contribution in [0.2, 0.25) is 0 Å². The summed E-state index contributed by atoms with van der Waals surface area (Å²) in [5.41, 5.74) is 8.15. The van der Waals surface area contributed by atoms with Gasteiger partial charge in [-0.25, -0.2) is 0 Å². The number of pyridine rings is 2. The minimum atomic E-state index is -0.322. The normalized spacial score (nSPS) is 12.2. The summed E-state index contributed by atoms with van der Waals surface area (Å²) < 4.78 is 0. The number of hydrogen-bond donors (Lipinski definition) is 2. The number of aromatic hydroxyl groups is 1. The van der Waals surface area contributed by atoms with Crippen LogP contribution in [-0.2, 0) is 11.2 Å². The molecule has 0 radical (unpaired) electrons. The molecule has 0 aliphatic heterocycles. The van der Waals surface area contributed by atoms with Crippen LogP contribution < -0.4 is 5.73 Å². The Kier molecular flexibility index (Phi) is 4.42. The molecule has 1 unspecified atom stereocenters. The van der Waals surface area contributed by atoms with Gasteiger partial charge in [0.2, 0.25) is 5.91 Å². The minimum Gasteiger partial charge on any atom is -0.505 e. The molecule has 3 aromatic rings. The fraction of sp³-hybridized carbons (Fsp3) is 0.211. The van der Waals surface area contributed by atoms with Gasteiger partial charge in [0.1, 0.15) is 5.52 Å². The highest BCUT2D eigenvalue weighted by atomic mass is 16.3. The summed E-state index contributed by atoms with van der Waals surface area (Å²) in [6.07, 6.45) is 4.47. The molecule has 0 saturated heterocycles. The number of carbonyl (C=O) groups excluding carboxylic acids is 1. The number of primary amides is 1. The summed E-state index contributed by atoms with van der Waals surface area (Å²) >= 11 is 0. The Morgan fingerprint density at radius 1 is 1.17 bits per heavy atom. The molecule has 0 spiro atoms. The van der Waals surface area contributed by atoms with Gasteiger partial charge in [0, 0.05) is 29.3 Å². The molecule has 2 aromatic heterocycles. The van der Waals surface area contributed by atoms with Gasteiger partial charge in [0.15, 0.2) is 5.75 Å². The molecule has 0 aliphatic rings. The highest BCUT2D eigenvalue weighted by molar-refractivity contribution is 5.91. The number of rotatable bonds is 5. The van der Waals surface area contributed by atoms with E-state index in [0.29, 0.717) is 29.6 Å². The van der Waals surface area contributed by atoms with E-state index in [9.17, 15) is 9.90 Å². The molecule has 0 fully saturated rings. The van der Waals surface area contributed by atoms with Gasteiger partial charge in [-0.3, -0.25) is 14.8 Å². The van der Waals surface area contributed by atoms with Crippen molar-refractivity contribution in [2.75, 3.05) is 0 Å². The largest absolute Gasteiger partial charge is 0.505 e. The predicted molar refractivity (Wildman–Crippen MR) is 93.3 cm³/mol. The first-order valence-electron chi connectivity index (χ1n) is 7.92. The molecule has 5 heteroatoms. The Balaban J connectivity index is 2.10. The Morgan fingerprint density at radius 2 is 1.92 bits per heavy atom. The Morgan fingerprint density at radius 3 is 2.67 bits per heavy atom. The number of amides is 1. The van der Waals surface area contributed by atoms with Crippen LogP contribution in [0.4, 0.5) is 0 Å². The fourth-order valence-electron chi connectivity index (χ4n) is 2.88. The highest BCUT2D eigenvalue weighted by Crippen LogP contribution is 2.35. The molecule has 0 bridgehead atoms. The van der Waals surface area contributed by atoms with Crippen LogP contribution in [0, 0.1) is 5.92 Å². The zero-order valence-corrected chi connectivity index (χ0v) is 13.4. The minimum absolute atomic E-state index is 0.0974. The van der Waals surface area contributed by atoms with Crippen LogP contribution in [0.15, 0.2) is 48.8 Å². The van der Waals surface area contributed by atoms with E-state index in [0.717, 1.165) is 10.9 Å². The first kappa shape index (κ1) is 15.9. The van der Waals surface area contributed by atoms with E-state index in [1.54, 1.807) is 12.4 Å². The standard InChI is InChI=1S/C19H19N3O2/c1-2-12(19(20)24)11-14-6-4-9-21-16(14)15-8-7-13-5-3-10-22-17(13)18(15)23/h3-10,12,23H,2,11H2,1H3,(H2,20,24). The van der Waals surface area contributed by atoms with Crippen LogP contribution in [0.5, 0.6) is 5.75 Å². The number of nitrogens with zero attached hydrogens (tertiary/aromatic N) is 2. The van der Waals surface area contributed by atoms with Crippen molar-refractivity contribution in [2.45, 2.75) is 19.8 Å². The molecule has 0 saturated carbocycles. The maximum Gasteiger partial charge on any atom is 0.220 e. The zero-order valence-electron chi connectivity index (χ0n) is 13.4. The van der Waals surface area contributed by atoms with Gasteiger partial charge in [-0.2, -0.15) is 0 Å². The third-order valence-electron chi connectivity index (χ3n) is 4.26. The van der Waals surface area contributed by atoms with Crippen LogP contribution in [-0.4, -0.2) is 21.0 Å². The molecule has 5 nitrogen and oxygen atoms in total. The molecule has 3 rings (SSSR count). The first-order chi connectivity index (χ1) is 11.6. The van der Waals surface area contributed by atoms with Crippen molar-refractivity contribution in [1.82, 2.24) is 9.97 Å². The lowest BCUT2D eigenvalue weighted by atomic mass is 9.93. The van der Waals surface area contributed by atoms with Crippen LogP contribution in [0.25, 0.3) is 22.2 Å². The summed E-state index contributed by atoms with van der Waals surface area (Å²) in [5.74, 6) is -0.481. The van der Waals surface area contributed by atoms with E-state index < -0.39 is 0 Å². The lowest BCUT2D eigenvalue weighted by Crippen LogP contribution is -2.24. The van der Waals surface area contributed by atoms with Crippen molar-refractivity contribution >= 4 is 16.8 Å². The van der Waals surface area contributed by atoms with Gasteiger partial charge in [-0.15, -0.1) is 0 Å². The van der Waals surface area contributed by atoms with Gasteiger partial charge in [-0.1, -0.05) is 25.1 Å². The number of nitrogens with two attached hydrogens (primary N) is 1. The van der Waals surface area contributed by atoms with Gasteiger partial charge in [0.25, 0.3) is 0 Å². The molecule has 0 aliphatic carbocycles. The van der Waals surface area contributed by atoms with Crippen LogP contribution >= 0.6 is 0 Å². The lowest BCUT2D eigenvalue weighted by Gasteiger charge is -2.15. The molecule has 24 heavy (non-hydrogen) atoms. The molecule has 1 aromatic carbocycles. The molecule has 3 N–H and O–H groups in total. The van der Waals surface area contributed by atoms with Gasteiger partial charge < -0.3 is 10.8 Å². The van der Waals surface area contributed by atoms with Crippen molar-refractivity contribution in [3.8, 4) is 17.0 Å². The number of phenols is 1. The number of carbonyl (C=O) groups is 1. The van der Waals surface area contributed by atoms with E-state index in [4.69, 9.17) is 5.73 Å². The second kappa shape index (κ2) is 6.66. The summed E-state index contributed by atoms with van der Waals surface area (Å²) in [6, 6.07) is 11.2. The van der Waals surface area contributed by atoms with Gasteiger partial charge in [0.05, 0.1) is 5.69 Å². The third-order valence-corrected chi connectivity index (χ3v) is 4.26. The Hall–Kier alpha value is -2.95. The molecular formula is C19H19N3O2. The molecular weight excluding hydrogens is 302 g/mol. The zero-order chi connectivity index (χ0) is 17.1. The third kappa shape index (κ3) is 2.93. The number of phenolic OH excluding ortho intramolecular Hbond substituents is 1. The average Bonchev–Trinajstić information content (AvgIpc) is 2.60. The van der Waals surface area contributed by atoms with Crippen LogP contribution in [0.1, 0.15) is 18.9 Å². The average molecular weight is 321 g/mol. The summed E-state index contributed by atoms with van der Waals surface area (Å²) in [4.78, 5) is 20.2. The van der Waals surface area contributed by atoms with E-state index in [2.05, 4.69) is 9.97 Å². The van der Waals surface area contributed by atoms with Crippen molar-refractivity contribution < 1.29 is 9.90 Å². The van der Waals surface area contributed by atoms with Crippen LogP contribution in [0.3, 0.4) is 0 Å². The molecule has 122 valence electrons. The van der Waals surface area contributed by atoms with Crippen molar-refractivity contribution in [3.63, 3.8) is 0 Å². The summed E-state index contributed by atoms with van der Waals surface area (Å²) in [5, 5.41) is 11.5. The monoisotopic (exact) mass is 321 g/mol. The highest BCUT2D eigenvalue weighted by Gasteiger charge is 2.19. The quantitative estimate of drug-likeness (QED) is 0.756. The Bertz CT molecular complexity index is 893. The van der Waals surface area contributed by atoms with Crippen molar-refractivity contribution in [2.24, 2.45) is 11.7 Å². The van der Waals surface area contributed by atoms with E-state index in [1.165, 1.54) is 0 Å². The summed E-state index contributed by atoms with van der Waals surface area (Å²) in [7, 11) is 0. The summed E-state index contributed by atoms with van der Waals surface area (Å²) in [6.45, 7) is 1.93. The van der Waals surface area contributed by atoms with E-state index in [1.807, 2.05) is 43.3 Å². The second-order valence-electron chi connectivity index (χ2n) is 5.76. The number of fused-ring (bicyclic) bond motifs is 1. The SMILES string of the molecule is CCC(Cc1cccnc1-c1ccc2cccnc2c1O)C(N)=O. The number of hydrogen-bond acceptors (Lipinski definition) is 4. The molecule has 2 heterocycles. The molecule has 1 amide bonds. The molecule has 1 atom stereocenters. The fourth-order valence-corrected chi connectivity index (χ4v) is 2.88. The van der Waals surface area contributed by atoms with Crippen molar-refractivity contribution in [1.29, 1.82) is 0 Å². The first-order valence-corrected chi connectivity index (χ1v) is 7.92. The van der Waals surface area contributed by atoms with Gasteiger partial charge >= 0.3 is 0 Å².